The SMILES string of the molecule is COc1nccnc1OC1CCCN(C(=O)CCc2ccccc2)C1. The first kappa shape index (κ1) is 17.2. The van der Waals surface area contributed by atoms with Crippen LogP contribution in [0.2, 0.25) is 0 Å². The third kappa shape index (κ3) is 4.68. The molecule has 3 rings (SSSR count). The Morgan fingerprint density at radius 1 is 1.20 bits per heavy atom. The molecule has 2 heterocycles. The third-order valence-electron chi connectivity index (χ3n) is 4.31. The van der Waals surface area contributed by atoms with Gasteiger partial charge in [0.25, 0.3) is 11.8 Å². The van der Waals surface area contributed by atoms with Crippen LogP contribution in [0, 0.1) is 0 Å². The highest BCUT2D eigenvalue weighted by Crippen LogP contribution is 2.24. The number of carbonyl (C=O) groups excluding carboxylic acids is 1. The molecule has 0 aliphatic carbocycles. The maximum Gasteiger partial charge on any atom is 0.278 e. The lowest BCUT2D eigenvalue weighted by atomic mass is 10.1. The van der Waals surface area contributed by atoms with E-state index in [0.29, 0.717) is 24.7 Å². The summed E-state index contributed by atoms with van der Waals surface area (Å²) < 4.78 is 11.1. The van der Waals surface area contributed by atoms with Gasteiger partial charge in [-0.2, -0.15) is 0 Å². The van der Waals surface area contributed by atoms with E-state index in [9.17, 15) is 4.79 Å². The van der Waals surface area contributed by atoms with Gasteiger partial charge in [0.2, 0.25) is 5.91 Å². The van der Waals surface area contributed by atoms with Crippen molar-refractivity contribution in [2.75, 3.05) is 20.2 Å². The van der Waals surface area contributed by atoms with E-state index in [4.69, 9.17) is 9.47 Å². The summed E-state index contributed by atoms with van der Waals surface area (Å²) in [5, 5.41) is 0. The molecule has 1 unspecified atom stereocenters. The van der Waals surface area contributed by atoms with E-state index in [1.807, 2.05) is 23.1 Å². The molecule has 1 aromatic heterocycles. The maximum atomic E-state index is 12.5. The quantitative estimate of drug-likeness (QED) is 0.808. The van der Waals surface area contributed by atoms with Crippen LogP contribution >= 0.6 is 0 Å². The number of hydrogen-bond acceptors (Lipinski definition) is 5. The number of carbonyl (C=O) groups is 1. The smallest absolute Gasteiger partial charge is 0.278 e. The van der Waals surface area contributed by atoms with Crippen molar-refractivity contribution in [1.82, 2.24) is 14.9 Å². The molecule has 132 valence electrons. The zero-order chi connectivity index (χ0) is 17.5. The van der Waals surface area contributed by atoms with Crippen LogP contribution in [0.25, 0.3) is 0 Å². The number of piperidine rings is 1. The summed E-state index contributed by atoms with van der Waals surface area (Å²) in [7, 11) is 1.54. The van der Waals surface area contributed by atoms with Crippen LogP contribution in [-0.4, -0.2) is 47.1 Å². The summed E-state index contributed by atoms with van der Waals surface area (Å²) in [6.45, 7) is 1.36. The van der Waals surface area contributed by atoms with Gasteiger partial charge in [-0.1, -0.05) is 30.3 Å². The van der Waals surface area contributed by atoms with Crippen molar-refractivity contribution in [2.45, 2.75) is 31.8 Å². The lowest BCUT2D eigenvalue weighted by Gasteiger charge is -2.32. The number of benzene rings is 1. The van der Waals surface area contributed by atoms with Gasteiger partial charge in [0.15, 0.2) is 0 Å². The highest BCUT2D eigenvalue weighted by Gasteiger charge is 2.26. The Balaban J connectivity index is 1.54. The van der Waals surface area contributed by atoms with Crippen LogP contribution < -0.4 is 9.47 Å². The second-order valence-corrected chi connectivity index (χ2v) is 6.08. The molecule has 6 nitrogen and oxygen atoms in total. The Morgan fingerprint density at radius 3 is 2.72 bits per heavy atom. The van der Waals surface area contributed by atoms with E-state index >= 15 is 0 Å². The molecular weight excluding hydrogens is 318 g/mol. The van der Waals surface area contributed by atoms with Gasteiger partial charge in [-0.25, -0.2) is 9.97 Å². The number of rotatable bonds is 6. The van der Waals surface area contributed by atoms with Crippen LogP contribution in [0.5, 0.6) is 11.8 Å². The van der Waals surface area contributed by atoms with Gasteiger partial charge in [-0.15, -0.1) is 0 Å². The van der Waals surface area contributed by atoms with Gasteiger partial charge >= 0.3 is 0 Å². The van der Waals surface area contributed by atoms with E-state index in [1.54, 1.807) is 12.4 Å². The first-order valence-electron chi connectivity index (χ1n) is 8.59. The predicted octanol–water partition coefficient (Wildman–Crippen LogP) is 2.49. The Morgan fingerprint density at radius 2 is 1.96 bits per heavy atom. The number of likely N-dealkylation sites (tertiary alicyclic amines) is 1. The third-order valence-corrected chi connectivity index (χ3v) is 4.31. The fourth-order valence-corrected chi connectivity index (χ4v) is 3.01. The molecular formula is C19H23N3O3. The summed E-state index contributed by atoms with van der Waals surface area (Å²) >= 11 is 0. The largest absolute Gasteiger partial charge is 0.477 e. The molecule has 1 aliphatic rings. The topological polar surface area (TPSA) is 64.6 Å². The van der Waals surface area contributed by atoms with Gasteiger partial charge in [0, 0.05) is 25.4 Å². The maximum absolute atomic E-state index is 12.5. The van der Waals surface area contributed by atoms with Crippen molar-refractivity contribution in [3.8, 4) is 11.8 Å². The summed E-state index contributed by atoms with van der Waals surface area (Å²) in [4.78, 5) is 22.7. The lowest BCUT2D eigenvalue weighted by Crippen LogP contribution is -2.44. The number of aryl methyl sites for hydroxylation is 1. The molecule has 6 heteroatoms. The average molecular weight is 341 g/mol. The first-order valence-corrected chi connectivity index (χ1v) is 8.59. The monoisotopic (exact) mass is 341 g/mol. The van der Waals surface area contributed by atoms with Crippen molar-refractivity contribution in [3.05, 3.63) is 48.3 Å². The highest BCUT2D eigenvalue weighted by atomic mass is 16.5. The molecule has 1 saturated heterocycles. The van der Waals surface area contributed by atoms with E-state index in [-0.39, 0.29) is 12.0 Å². The van der Waals surface area contributed by atoms with Gasteiger partial charge in [-0.05, 0) is 24.8 Å². The summed E-state index contributed by atoms with van der Waals surface area (Å²) in [6, 6.07) is 10.1. The number of hydrogen-bond donors (Lipinski definition) is 0. The van der Waals surface area contributed by atoms with E-state index in [1.165, 1.54) is 12.7 Å². The molecule has 1 aliphatic heterocycles. The molecule has 0 bridgehead atoms. The zero-order valence-electron chi connectivity index (χ0n) is 14.4. The van der Waals surface area contributed by atoms with Crippen molar-refractivity contribution < 1.29 is 14.3 Å². The molecule has 25 heavy (non-hydrogen) atoms. The Kier molecular flexibility index (Phi) is 5.82. The molecule has 0 N–H and O–H groups in total. The normalized spacial score (nSPS) is 17.2. The Bertz CT molecular complexity index is 693. The number of amides is 1. The molecule has 1 amide bonds. The van der Waals surface area contributed by atoms with Gasteiger partial charge in [0.05, 0.1) is 13.7 Å². The van der Waals surface area contributed by atoms with Crippen molar-refractivity contribution >= 4 is 5.91 Å². The van der Waals surface area contributed by atoms with Gasteiger partial charge in [-0.3, -0.25) is 4.79 Å². The molecule has 1 fully saturated rings. The fraction of sp³-hybridized carbons (Fsp3) is 0.421. The van der Waals surface area contributed by atoms with E-state index < -0.39 is 0 Å². The van der Waals surface area contributed by atoms with Crippen LogP contribution in [0.4, 0.5) is 0 Å². The average Bonchev–Trinajstić information content (AvgIpc) is 2.67. The minimum atomic E-state index is -0.0833. The summed E-state index contributed by atoms with van der Waals surface area (Å²) in [6.07, 6.45) is 6.15. The van der Waals surface area contributed by atoms with Crippen LogP contribution in [-0.2, 0) is 11.2 Å². The first-order chi connectivity index (χ1) is 12.3. The number of aromatic nitrogens is 2. The summed E-state index contributed by atoms with van der Waals surface area (Å²) in [5.41, 5.74) is 1.19. The molecule has 2 aromatic rings. The standard InChI is InChI=1S/C19H23N3O3/c1-24-18-19(21-12-11-20-18)25-16-8-5-13-22(14-16)17(23)10-9-15-6-3-2-4-7-15/h2-4,6-7,11-12,16H,5,8-10,13-14H2,1H3. The molecule has 1 atom stereocenters. The van der Waals surface area contributed by atoms with Crippen molar-refractivity contribution in [2.24, 2.45) is 0 Å². The van der Waals surface area contributed by atoms with E-state index in [0.717, 1.165) is 25.8 Å². The van der Waals surface area contributed by atoms with Gasteiger partial charge < -0.3 is 14.4 Å². The van der Waals surface area contributed by atoms with Crippen LogP contribution in [0.3, 0.4) is 0 Å². The number of methoxy groups -OCH3 is 1. The molecule has 1 aromatic carbocycles. The fourth-order valence-electron chi connectivity index (χ4n) is 3.01. The predicted molar refractivity (Wildman–Crippen MR) is 93.6 cm³/mol. The zero-order valence-corrected chi connectivity index (χ0v) is 14.4. The summed E-state index contributed by atoms with van der Waals surface area (Å²) in [5.74, 6) is 0.923. The highest BCUT2D eigenvalue weighted by molar-refractivity contribution is 5.76. The number of nitrogens with zero attached hydrogens (tertiary/aromatic N) is 3. The second-order valence-electron chi connectivity index (χ2n) is 6.08. The van der Waals surface area contributed by atoms with Crippen molar-refractivity contribution in [3.63, 3.8) is 0 Å². The lowest BCUT2D eigenvalue weighted by molar-refractivity contribution is -0.133. The Labute approximate surface area is 147 Å². The Hall–Kier alpha value is -2.63. The van der Waals surface area contributed by atoms with Crippen LogP contribution in [0.15, 0.2) is 42.7 Å². The number of ether oxygens (including phenoxy) is 2. The minimum absolute atomic E-state index is 0.0833. The van der Waals surface area contributed by atoms with Crippen LogP contribution in [0.1, 0.15) is 24.8 Å². The second kappa shape index (κ2) is 8.46. The van der Waals surface area contributed by atoms with Gasteiger partial charge in [0.1, 0.15) is 6.10 Å². The molecule has 0 spiro atoms. The minimum Gasteiger partial charge on any atom is -0.477 e. The van der Waals surface area contributed by atoms with Crippen molar-refractivity contribution in [1.29, 1.82) is 0 Å². The molecule has 0 saturated carbocycles. The molecule has 0 radical (unpaired) electrons. The van der Waals surface area contributed by atoms with E-state index in [2.05, 4.69) is 22.1 Å².